The molecule has 0 saturated heterocycles. The number of carboxylic acid groups (broad SMARTS) is 1. The van der Waals surface area contributed by atoms with Crippen LogP contribution in [0.25, 0.3) is 0 Å². The molecule has 0 unspecified atom stereocenters. The summed E-state index contributed by atoms with van der Waals surface area (Å²) >= 11 is 2.51. The summed E-state index contributed by atoms with van der Waals surface area (Å²) in [5.74, 6) is -2.17. The molecule has 0 aliphatic carbocycles. The summed E-state index contributed by atoms with van der Waals surface area (Å²) in [5.41, 5.74) is 0. The van der Waals surface area contributed by atoms with Crippen LogP contribution in [0.5, 0.6) is 0 Å². The first-order valence-electron chi connectivity index (χ1n) is 4.96. The van der Waals surface area contributed by atoms with E-state index in [1.54, 1.807) is 6.07 Å². The number of hydrogen-bond acceptors (Lipinski definition) is 3. The maximum atomic E-state index is 13.0. The summed E-state index contributed by atoms with van der Waals surface area (Å²) in [7, 11) is 0. The normalized spacial score (nSPS) is 10.6. The fraction of sp³-hybridized carbons (Fsp3) is 0.0833. The lowest BCUT2D eigenvalue weighted by atomic mass is 10.3. The Labute approximate surface area is 110 Å². The van der Waals surface area contributed by atoms with Crippen LogP contribution in [0.15, 0.2) is 35.2 Å². The van der Waals surface area contributed by atoms with E-state index in [1.807, 2.05) is 0 Å². The molecule has 0 aliphatic rings. The van der Waals surface area contributed by atoms with E-state index in [4.69, 9.17) is 5.11 Å². The highest BCUT2D eigenvalue weighted by Gasteiger charge is 2.08. The molecule has 18 heavy (non-hydrogen) atoms. The average molecular weight is 286 g/mol. The Morgan fingerprint density at radius 2 is 2.00 bits per heavy atom. The lowest BCUT2D eigenvalue weighted by Gasteiger charge is -2.00. The first kappa shape index (κ1) is 13.0. The smallest absolute Gasteiger partial charge is 0.345 e. The lowest BCUT2D eigenvalue weighted by Crippen LogP contribution is -1.89. The number of carboxylic acids is 1. The molecule has 0 bridgehead atoms. The van der Waals surface area contributed by atoms with Gasteiger partial charge < -0.3 is 5.11 Å². The summed E-state index contributed by atoms with van der Waals surface area (Å²) in [4.78, 5) is 12.4. The number of hydrogen-bond donors (Lipinski definition) is 1. The second-order valence-electron chi connectivity index (χ2n) is 3.44. The summed E-state index contributed by atoms with van der Waals surface area (Å²) in [5, 5.41) is 8.76. The van der Waals surface area contributed by atoms with Crippen LogP contribution in [0.1, 0.15) is 14.5 Å². The third-order valence-electron chi connectivity index (χ3n) is 2.14. The first-order chi connectivity index (χ1) is 8.56. The molecule has 0 saturated carbocycles. The fourth-order valence-electron chi connectivity index (χ4n) is 1.29. The Balaban J connectivity index is 2.02. The number of halogens is 2. The standard InChI is InChI=1S/C12H8F2O2S2/c13-9-3-1-7(5-10(9)14)17-6-8-2-4-11(18-8)12(15)16/h1-5H,6H2,(H,15,16). The molecule has 0 amide bonds. The zero-order valence-corrected chi connectivity index (χ0v) is 10.7. The van der Waals surface area contributed by atoms with Gasteiger partial charge >= 0.3 is 5.97 Å². The zero-order valence-electron chi connectivity index (χ0n) is 9.02. The summed E-state index contributed by atoms with van der Waals surface area (Å²) < 4.78 is 25.7. The van der Waals surface area contributed by atoms with Crippen molar-refractivity contribution < 1.29 is 18.7 Å². The van der Waals surface area contributed by atoms with Gasteiger partial charge in [0.1, 0.15) is 4.88 Å². The van der Waals surface area contributed by atoms with E-state index in [0.717, 1.165) is 17.0 Å². The van der Waals surface area contributed by atoms with Gasteiger partial charge in [0.15, 0.2) is 11.6 Å². The number of rotatable bonds is 4. The van der Waals surface area contributed by atoms with Crippen molar-refractivity contribution in [3.63, 3.8) is 0 Å². The fourth-order valence-corrected chi connectivity index (χ4v) is 3.10. The minimum atomic E-state index is -0.955. The number of aromatic carboxylic acids is 1. The van der Waals surface area contributed by atoms with Crippen molar-refractivity contribution in [3.05, 3.63) is 51.7 Å². The van der Waals surface area contributed by atoms with Gasteiger partial charge in [-0.05, 0) is 30.3 Å². The third kappa shape index (κ3) is 3.08. The highest BCUT2D eigenvalue weighted by molar-refractivity contribution is 7.98. The molecule has 0 atom stereocenters. The molecule has 1 aromatic heterocycles. The van der Waals surface area contributed by atoms with Crippen LogP contribution < -0.4 is 0 Å². The Morgan fingerprint density at radius 3 is 2.61 bits per heavy atom. The van der Waals surface area contributed by atoms with Crippen molar-refractivity contribution in [1.82, 2.24) is 0 Å². The van der Waals surface area contributed by atoms with Crippen LogP contribution in [0.3, 0.4) is 0 Å². The zero-order chi connectivity index (χ0) is 13.1. The average Bonchev–Trinajstić information content (AvgIpc) is 2.79. The minimum absolute atomic E-state index is 0.274. The van der Waals surface area contributed by atoms with Gasteiger partial charge in [0.2, 0.25) is 0 Å². The van der Waals surface area contributed by atoms with Crippen LogP contribution in [-0.2, 0) is 5.75 Å². The van der Waals surface area contributed by atoms with Gasteiger partial charge in [-0.1, -0.05) is 0 Å². The predicted molar refractivity (Wildman–Crippen MR) is 67.2 cm³/mol. The molecule has 1 aromatic carbocycles. The Hall–Kier alpha value is -1.40. The van der Waals surface area contributed by atoms with Gasteiger partial charge in [0.05, 0.1) is 0 Å². The number of thioether (sulfide) groups is 1. The molecule has 0 fully saturated rings. The van der Waals surface area contributed by atoms with Gasteiger partial charge in [-0.2, -0.15) is 0 Å². The second kappa shape index (κ2) is 5.49. The predicted octanol–water partition coefficient (Wildman–Crippen LogP) is 4.02. The van der Waals surface area contributed by atoms with Gasteiger partial charge in [-0.15, -0.1) is 23.1 Å². The molecule has 0 spiro atoms. The number of benzene rings is 1. The van der Waals surface area contributed by atoms with Gasteiger partial charge in [-0.3, -0.25) is 0 Å². The molecule has 0 radical (unpaired) electrons. The van der Waals surface area contributed by atoms with Gasteiger partial charge in [-0.25, -0.2) is 13.6 Å². The van der Waals surface area contributed by atoms with Crippen LogP contribution in [0.4, 0.5) is 8.78 Å². The Kier molecular flexibility index (Phi) is 3.98. The second-order valence-corrected chi connectivity index (χ2v) is 5.65. The van der Waals surface area contributed by atoms with Crippen LogP contribution in [-0.4, -0.2) is 11.1 Å². The molecular formula is C12H8F2O2S2. The highest BCUT2D eigenvalue weighted by atomic mass is 32.2. The van der Waals surface area contributed by atoms with Crippen molar-refractivity contribution in [1.29, 1.82) is 0 Å². The van der Waals surface area contributed by atoms with Crippen molar-refractivity contribution in [3.8, 4) is 0 Å². The largest absolute Gasteiger partial charge is 0.477 e. The SMILES string of the molecule is O=C(O)c1ccc(CSc2ccc(F)c(F)c2)s1. The van der Waals surface area contributed by atoms with Gasteiger partial charge in [0.25, 0.3) is 0 Å². The molecule has 2 nitrogen and oxygen atoms in total. The van der Waals surface area contributed by atoms with Crippen molar-refractivity contribution in [2.75, 3.05) is 0 Å². The molecule has 2 aromatic rings. The molecule has 0 aliphatic heterocycles. The summed E-state index contributed by atoms with van der Waals surface area (Å²) in [6.07, 6.45) is 0. The monoisotopic (exact) mass is 286 g/mol. The first-order valence-corrected chi connectivity index (χ1v) is 6.76. The van der Waals surface area contributed by atoms with Crippen LogP contribution >= 0.6 is 23.1 Å². The maximum absolute atomic E-state index is 13.0. The number of carbonyl (C=O) groups is 1. The van der Waals surface area contributed by atoms with Crippen molar-refractivity contribution >= 4 is 29.1 Å². The van der Waals surface area contributed by atoms with E-state index in [0.29, 0.717) is 10.6 Å². The molecule has 2 rings (SSSR count). The van der Waals surface area contributed by atoms with E-state index < -0.39 is 17.6 Å². The highest BCUT2D eigenvalue weighted by Crippen LogP contribution is 2.27. The summed E-state index contributed by atoms with van der Waals surface area (Å²) in [6.45, 7) is 0. The van der Waals surface area contributed by atoms with E-state index in [1.165, 1.54) is 35.2 Å². The third-order valence-corrected chi connectivity index (χ3v) is 4.44. The van der Waals surface area contributed by atoms with Crippen molar-refractivity contribution in [2.24, 2.45) is 0 Å². The lowest BCUT2D eigenvalue weighted by molar-refractivity contribution is 0.0702. The van der Waals surface area contributed by atoms with Gasteiger partial charge in [0, 0.05) is 15.5 Å². The van der Waals surface area contributed by atoms with Crippen LogP contribution in [0.2, 0.25) is 0 Å². The number of thiophene rings is 1. The molecule has 1 N–H and O–H groups in total. The molecule has 94 valence electrons. The van der Waals surface area contributed by atoms with Crippen molar-refractivity contribution in [2.45, 2.75) is 10.6 Å². The van der Waals surface area contributed by atoms with E-state index >= 15 is 0 Å². The van der Waals surface area contributed by atoms with E-state index in [2.05, 4.69) is 0 Å². The van der Waals surface area contributed by atoms with E-state index in [9.17, 15) is 13.6 Å². The molecular weight excluding hydrogens is 278 g/mol. The topological polar surface area (TPSA) is 37.3 Å². The Morgan fingerprint density at radius 1 is 1.22 bits per heavy atom. The summed E-state index contributed by atoms with van der Waals surface area (Å²) in [6, 6.07) is 6.96. The quantitative estimate of drug-likeness (QED) is 0.863. The van der Waals surface area contributed by atoms with E-state index in [-0.39, 0.29) is 4.88 Å². The minimum Gasteiger partial charge on any atom is -0.477 e. The maximum Gasteiger partial charge on any atom is 0.345 e. The Bertz CT molecular complexity index is 581. The molecule has 6 heteroatoms. The van der Waals surface area contributed by atoms with Crippen LogP contribution in [0, 0.1) is 11.6 Å². The molecule has 1 heterocycles.